The van der Waals surface area contributed by atoms with Gasteiger partial charge in [0.05, 0.1) is 27.5 Å². The van der Waals surface area contributed by atoms with Gasteiger partial charge in [0.25, 0.3) is 0 Å². The van der Waals surface area contributed by atoms with E-state index in [2.05, 4.69) is 25.0 Å². The number of rotatable bonds is 5. The van der Waals surface area contributed by atoms with Crippen molar-refractivity contribution < 1.29 is 4.21 Å². The van der Waals surface area contributed by atoms with Gasteiger partial charge in [0.2, 0.25) is 0 Å². The first-order chi connectivity index (χ1) is 15.6. The molecule has 1 N–H and O–H groups in total. The molecule has 3 aromatic heterocycles. The van der Waals surface area contributed by atoms with Crippen molar-refractivity contribution in [2.24, 2.45) is 10.3 Å². The molecule has 0 radical (unpaired) electrons. The van der Waals surface area contributed by atoms with Gasteiger partial charge in [0.1, 0.15) is 23.5 Å². The Kier molecular flexibility index (Phi) is 5.43. The topological polar surface area (TPSA) is 99.7 Å². The minimum Gasteiger partial charge on any atom is -0.346 e. The number of pyridine rings is 1. The average Bonchev–Trinajstić information content (AvgIpc) is 3.43. The molecule has 0 amide bonds. The van der Waals surface area contributed by atoms with E-state index in [1.165, 1.54) is 0 Å². The zero-order valence-corrected chi connectivity index (χ0v) is 18.9. The van der Waals surface area contributed by atoms with Crippen molar-refractivity contribution in [1.82, 2.24) is 19.5 Å². The fraction of sp³-hybridized carbons (Fsp3) is 0.375. The third kappa shape index (κ3) is 3.78. The Balaban J connectivity index is 1.58. The second kappa shape index (κ2) is 8.40. The molecule has 1 aliphatic carbocycles. The van der Waals surface area contributed by atoms with Gasteiger partial charge in [-0.3, -0.25) is 0 Å². The predicted molar refractivity (Wildman–Crippen MR) is 126 cm³/mol. The van der Waals surface area contributed by atoms with Crippen LogP contribution in [-0.2, 0) is 16.3 Å². The molecule has 1 aromatic carbocycles. The van der Waals surface area contributed by atoms with Crippen LogP contribution in [0, 0.1) is 17.2 Å². The lowest BCUT2D eigenvalue weighted by atomic mass is 9.84. The molecule has 164 valence electrons. The highest BCUT2D eigenvalue weighted by Crippen LogP contribution is 2.38. The van der Waals surface area contributed by atoms with E-state index in [4.69, 9.17) is 10.2 Å². The van der Waals surface area contributed by atoms with E-state index in [1.807, 2.05) is 42.6 Å². The molecule has 1 fully saturated rings. The highest BCUT2D eigenvalue weighted by atomic mass is 32.2. The molecule has 5 rings (SSSR count). The maximum atomic E-state index is 13.3. The lowest BCUT2D eigenvalue weighted by molar-refractivity contribution is 0.278. The maximum Gasteiger partial charge on any atom is 0.139 e. The maximum absolute atomic E-state index is 13.3. The molecular formula is C24H26N6OS. The molecule has 0 saturated heterocycles. The first-order valence-corrected chi connectivity index (χ1v) is 12.9. The van der Waals surface area contributed by atoms with Crippen LogP contribution in [0.3, 0.4) is 0 Å². The van der Waals surface area contributed by atoms with Crippen molar-refractivity contribution in [1.29, 1.82) is 5.26 Å². The van der Waals surface area contributed by atoms with Crippen LogP contribution in [0.5, 0.6) is 0 Å². The molecule has 8 heteroatoms. The molecule has 1 saturated carbocycles. The molecule has 0 unspecified atom stereocenters. The summed E-state index contributed by atoms with van der Waals surface area (Å²) in [5, 5.41) is 10.1. The second-order valence-electron chi connectivity index (χ2n) is 8.57. The molecule has 3 heterocycles. The van der Waals surface area contributed by atoms with Crippen molar-refractivity contribution >= 4 is 31.8 Å². The highest BCUT2D eigenvalue weighted by molar-refractivity contribution is 7.93. The van der Waals surface area contributed by atoms with Crippen LogP contribution in [-0.4, -0.2) is 30.0 Å². The van der Waals surface area contributed by atoms with Crippen LogP contribution in [0.15, 0.2) is 58.1 Å². The number of aromatic amines is 1. The van der Waals surface area contributed by atoms with Gasteiger partial charge in [-0.1, -0.05) is 18.2 Å². The molecule has 0 aliphatic heterocycles. The Morgan fingerprint density at radius 3 is 2.75 bits per heavy atom. The Morgan fingerprint density at radius 2 is 2.00 bits per heavy atom. The Morgan fingerprint density at radius 1 is 1.22 bits per heavy atom. The van der Waals surface area contributed by atoms with Crippen molar-refractivity contribution in [2.45, 2.75) is 49.6 Å². The number of hydrogen-bond donors (Lipinski definition) is 1. The van der Waals surface area contributed by atoms with Gasteiger partial charge < -0.3 is 9.55 Å². The van der Waals surface area contributed by atoms with Gasteiger partial charge in [-0.15, -0.1) is 0 Å². The summed E-state index contributed by atoms with van der Waals surface area (Å²) < 4.78 is 20.2. The van der Waals surface area contributed by atoms with Gasteiger partial charge in [0, 0.05) is 35.2 Å². The van der Waals surface area contributed by atoms with Gasteiger partial charge in [-0.2, -0.15) is 5.26 Å². The number of H-pyrrole nitrogens is 1. The summed E-state index contributed by atoms with van der Waals surface area (Å²) in [7, 11) is -2.53. The summed E-state index contributed by atoms with van der Waals surface area (Å²) in [6.45, 7) is 0.281. The Hall–Kier alpha value is -3.18. The summed E-state index contributed by atoms with van der Waals surface area (Å²) in [5.41, 5.74) is 2.74. The van der Waals surface area contributed by atoms with E-state index in [9.17, 15) is 4.21 Å². The minimum atomic E-state index is -2.53. The van der Waals surface area contributed by atoms with Crippen LogP contribution in [0.4, 0.5) is 0 Å². The van der Waals surface area contributed by atoms with Gasteiger partial charge in [-0.25, -0.2) is 18.5 Å². The third-order valence-corrected chi connectivity index (χ3v) is 8.27. The SMILES string of the molecule is C[S@@](=O)(=NCc1nc2cnc3[nH]ccc3c2n1C1CCC(CC#N)CC1)c1ccccc1. The van der Waals surface area contributed by atoms with Gasteiger partial charge in [0.15, 0.2) is 0 Å². The van der Waals surface area contributed by atoms with Gasteiger partial charge in [-0.05, 0) is 49.8 Å². The zero-order valence-electron chi connectivity index (χ0n) is 18.1. The van der Waals surface area contributed by atoms with E-state index >= 15 is 0 Å². The van der Waals surface area contributed by atoms with E-state index < -0.39 is 9.73 Å². The molecule has 4 aromatic rings. The van der Waals surface area contributed by atoms with Crippen molar-refractivity contribution in [3.8, 4) is 6.07 Å². The standard InChI is InChI=1S/C24H26N6OS/c1-32(31,19-5-3-2-4-6-19)28-16-22-29-21-15-27-24-20(12-14-26-24)23(21)30(22)18-9-7-17(8-10-18)11-13-25/h2-6,12,14-15,17-18H,7-11,16H2,1H3,(H,26,27)/t17?,18?,32-/m0/s1. The quantitative estimate of drug-likeness (QED) is 0.454. The predicted octanol–water partition coefficient (Wildman–Crippen LogP) is 5.21. The van der Waals surface area contributed by atoms with Crippen LogP contribution in [0.2, 0.25) is 0 Å². The zero-order chi connectivity index (χ0) is 22.1. The number of fused-ring (bicyclic) bond motifs is 3. The first-order valence-electron chi connectivity index (χ1n) is 11.0. The normalized spacial score (nSPS) is 20.8. The Bertz CT molecular complexity index is 1410. The minimum absolute atomic E-state index is 0.281. The highest BCUT2D eigenvalue weighted by Gasteiger charge is 2.27. The number of imidazole rings is 1. The summed E-state index contributed by atoms with van der Waals surface area (Å²) in [4.78, 5) is 13.3. The summed E-state index contributed by atoms with van der Waals surface area (Å²) in [5.74, 6) is 1.30. The smallest absolute Gasteiger partial charge is 0.139 e. The fourth-order valence-corrected chi connectivity index (χ4v) is 5.98. The molecular weight excluding hydrogens is 420 g/mol. The van der Waals surface area contributed by atoms with Crippen molar-refractivity contribution in [3.05, 3.63) is 54.6 Å². The molecule has 32 heavy (non-hydrogen) atoms. The summed E-state index contributed by atoms with van der Waals surface area (Å²) in [6, 6.07) is 14.0. The number of hydrogen-bond acceptors (Lipinski definition) is 5. The number of nitrogens with zero attached hydrogens (tertiary/aromatic N) is 5. The second-order valence-corrected chi connectivity index (χ2v) is 10.9. The molecule has 0 bridgehead atoms. The van der Waals surface area contributed by atoms with E-state index in [-0.39, 0.29) is 12.6 Å². The largest absolute Gasteiger partial charge is 0.346 e. The van der Waals surface area contributed by atoms with Crippen LogP contribution in [0.25, 0.3) is 22.1 Å². The first kappa shape index (κ1) is 20.7. The van der Waals surface area contributed by atoms with Gasteiger partial charge >= 0.3 is 0 Å². The number of nitriles is 1. The average molecular weight is 447 g/mol. The molecule has 0 spiro atoms. The number of benzene rings is 1. The fourth-order valence-electron chi connectivity index (χ4n) is 4.81. The summed E-state index contributed by atoms with van der Waals surface area (Å²) >= 11 is 0. The van der Waals surface area contributed by atoms with Crippen LogP contribution < -0.4 is 0 Å². The van der Waals surface area contributed by atoms with Crippen LogP contribution in [0.1, 0.15) is 44.0 Å². The van der Waals surface area contributed by atoms with Crippen LogP contribution >= 0.6 is 0 Å². The van der Waals surface area contributed by atoms with E-state index in [1.54, 1.807) is 12.5 Å². The number of nitrogens with one attached hydrogen (secondary N) is 1. The molecule has 7 nitrogen and oxygen atoms in total. The van der Waals surface area contributed by atoms with Crippen molar-refractivity contribution in [3.63, 3.8) is 0 Å². The summed E-state index contributed by atoms with van der Waals surface area (Å²) in [6.07, 6.45) is 10.1. The monoisotopic (exact) mass is 446 g/mol. The Labute approximate surface area is 187 Å². The van der Waals surface area contributed by atoms with Crippen molar-refractivity contribution in [2.75, 3.05) is 6.26 Å². The molecule has 1 atom stereocenters. The van der Waals surface area contributed by atoms with E-state index in [0.717, 1.165) is 58.5 Å². The third-order valence-electron chi connectivity index (χ3n) is 6.50. The van der Waals surface area contributed by atoms with E-state index in [0.29, 0.717) is 12.3 Å². The number of aromatic nitrogens is 4. The lowest BCUT2D eigenvalue weighted by Gasteiger charge is -2.29. The lowest BCUT2D eigenvalue weighted by Crippen LogP contribution is -2.20. The molecule has 1 aliphatic rings.